The van der Waals surface area contributed by atoms with Crippen LogP contribution in [-0.2, 0) is 6.54 Å². The first-order valence-corrected chi connectivity index (χ1v) is 6.32. The predicted molar refractivity (Wildman–Crippen MR) is 63.8 cm³/mol. The molecule has 16 heavy (non-hydrogen) atoms. The van der Waals surface area contributed by atoms with Gasteiger partial charge in [0.15, 0.2) is 0 Å². The second-order valence-corrected chi connectivity index (χ2v) is 5.13. The third kappa shape index (κ3) is 1.76. The van der Waals surface area contributed by atoms with Crippen molar-refractivity contribution in [1.82, 2.24) is 19.9 Å². The number of rotatable bonds is 3. The number of hydrogen-bond acceptors (Lipinski definition) is 4. The van der Waals surface area contributed by atoms with E-state index in [9.17, 15) is 0 Å². The van der Waals surface area contributed by atoms with Crippen LogP contribution < -0.4 is 5.32 Å². The number of aromatic nitrogens is 3. The number of nitrogens with zero attached hydrogens (tertiary/aromatic N) is 3. The molecule has 0 saturated carbocycles. The number of nitrogens with one attached hydrogen (secondary N) is 1. The van der Waals surface area contributed by atoms with Gasteiger partial charge in [-0.15, -0.1) is 11.3 Å². The van der Waals surface area contributed by atoms with E-state index in [1.807, 2.05) is 19.4 Å². The molecule has 1 N–H and O–H groups in total. The normalized spacial score (nSPS) is 16.3. The second kappa shape index (κ2) is 3.99. The summed E-state index contributed by atoms with van der Waals surface area (Å²) in [5, 5.41) is 6.54. The van der Waals surface area contributed by atoms with Crippen LogP contribution in [-0.4, -0.2) is 27.6 Å². The van der Waals surface area contributed by atoms with Crippen LogP contribution in [0.2, 0.25) is 0 Å². The molecule has 0 aliphatic carbocycles. The van der Waals surface area contributed by atoms with Crippen molar-refractivity contribution < 1.29 is 0 Å². The molecular weight excluding hydrogens is 220 g/mol. The zero-order chi connectivity index (χ0) is 11.0. The summed E-state index contributed by atoms with van der Waals surface area (Å²) >= 11 is 1.72. The Morgan fingerprint density at radius 3 is 3.06 bits per heavy atom. The Hall–Kier alpha value is -1.20. The Kier molecular flexibility index (Phi) is 2.49. The lowest BCUT2D eigenvalue weighted by Gasteiger charge is -2.27. The SMILES string of the molecule is Cc1csc(Cn2cncc2C2CNC2)n1. The van der Waals surface area contributed by atoms with Crippen molar-refractivity contribution in [2.45, 2.75) is 19.4 Å². The Morgan fingerprint density at radius 2 is 2.44 bits per heavy atom. The maximum atomic E-state index is 4.48. The Balaban J connectivity index is 1.81. The summed E-state index contributed by atoms with van der Waals surface area (Å²) in [4.78, 5) is 8.72. The van der Waals surface area contributed by atoms with E-state index in [-0.39, 0.29) is 0 Å². The largest absolute Gasteiger partial charge is 0.327 e. The van der Waals surface area contributed by atoms with Crippen LogP contribution in [0.15, 0.2) is 17.9 Å². The summed E-state index contributed by atoms with van der Waals surface area (Å²) < 4.78 is 2.21. The summed E-state index contributed by atoms with van der Waals surface area (Å²) in [5.41, 5.74) is 2.43. The third-order valence-electron chi connectivity index (χ3n) is 2.92. The lowest BCUT2D eigenvalue weighted by molar-refractivity contribution is 0.427. The number of imidazole rings is 1. The van der Waals surface area contributed by atoms with E-state index in [1.54, 1.807) is 11.3 Å². The summed E-state index contributed by atoms with van der Waals surface area (Å²) in [6.45, 7) is 5.03. The first kappa shape index (κ1) is 9.99. The third-order valence-corrected chi connectivity index (χ3v) is 3.87. The summed E-state index contributed by atoms with van der Waals surface area (Å²) in [6, 6.07) is 0. The van der Waals surface area contributed by atoms with Crippen LogP contribution in [0.1, 0.15) is 22.3 Å². The van der Waals surface area contributed by atoms with E-state index in [1.165, 1.54) is 5.69 Å². The number of aryl methyl sites for hydroxylation is 1. The van der Waals surface area contributed by atoms with Crippen LogP contribution in [0.5, 0.6) is 0 Å². The van der Waals surface area contributed by atoms with Crippen LogP contribution in [0, 0.1) is 6.92 Å². The van der Waals surface area contributed by atoms with E-state index < -0.39 is 0 Å². The van der Waals surface area contributed by atoms with Gasteiger partial charge in [0.1, 0.15) is 5.01 Å². The summed E-state index contributed by atoms with van der Waals surface area (Å²) in [7, 11) is 0. The summed E-state index contributed by atoms with van der Waals surface area (Å²) in [5.74, 6) is 0.628. The van der Waals surface area contributed by atoms with Crippen molar-refractivity contribution in [3.63, 3.8) is 0 Å². The van der Waals surface area contributed by atoms with Gasteiger partial charge < -0.3 is 9.88 Å². The van der Waals surface area contributed by atoms with Gasteiger partial charge in [-0.3, -0.25) is 0 Å². The lowest BCUT2D eigenvalue weighted by Crippen LogP contribution is -2.40. The molecule has 0 unspecified atom stereocenters. The van der Waals surface area contributed by atoms with E-state index in [4.69, 9.17) is 0 Å². The zero-order valence-electron chi connectivity index (χ0n) is 9.18. The van der Waals surface area contributed by atoms with E-state index in [0.717, 1.165) is 30.3 Å². The average Bonchev–Trinajstić information content (AvgIpc) is 2.75. The first-order valence-electron chi connectivity index (χ1n) is 5.44. The fourth-order valence-electron chi connectivity index (χ4n) is 1.92. The van der Waals surface area contributed by atoms with Crippen LogP contribution in [0.25, 0.3) is 0 Å². The number of hydrogen-bond donors (Lipinski definition) is 1. The zero-order valence-corrected chi connectivity index (χ0v) is 10.00. The van der Waals surface area contributed by atoms with Crippen molar-refractivity contribution in [2.75, 3.05) is 13.1 Å². The smallest absolute Gasteiger partial charge is 0.113 e. The quantitative estimate of drug-likeness (QED) is 0.872. The fourth-order valence-corrected chi connectivity index (χ4v) is 2.69. The average molecular weight is 234 g/mol. The van der Waals surface area contributed by atoms with Crippen LogP contribution >= 0.6 is 11.3 Å². The number of thiazole rings is 1. The van der Waals surface area contributed by atoms with Gasteiger partial charge >= 0.3 is 0 Å². The van der Waals surface area contributed by atoms with Gasteiger partial charge in [0.25, 0.3) is 0 Å². The van der Waals surface area contributed by atoms with E-state index >= 15 is 0 Å². The van der Waals surface area contributed by atoms with Gasteiger partial charge in [0, 0.05) is 42.0 Å². The molecule has 0 amide bonds. The van der Waals surface area contributed by atoms with Gasteiger partial charge in [0.2, 0.25) is 0 Å². The molecule has 0 aromatic carbocycles. The Bertz CT molecular complexity index is 484. The van der Waals surface area contributed by atoms with Gasteiger partial charge in [-0.25, -0.2) is 9.97 Å². The highest BCUT2D eigenvalue weighted by Gasteiger charge is 2.22. The van der Waals surface area contributed by atoms with Gasteiger partial charge in [0.05, 0.1) is 12.9 Å². The minimum absolute atomic E-state index is 0.628. The molecular formula is C11H14N4S. The highest BCUT2D eigenvalue weighted by molar-refractivity contribution is 7.09. The van der Waals surface area contributed by atoms with Crippen LogP contribution in [0.3, 0.4) is 0 Å². The molecule has 2 aromatic heterocycles. The van der Waals surface area contributed by atoms with Gasteiger partial charge in [-0.2, -0.15) is 0 Å². The monoisotopic (exact) mass is 234 g/mol. The highest BCUT2D eigenvalue weighted by Crippen LogP contribution is 2.20. The van der Waals surface area contributed by atoms with Crippen molar-refractivity contribution in [2.24, 2.45) is 0 Å². The standard InChI is InChI=1S/C11H14N4S/c1-8-6-16-11(14-8)5-15-7-13-4-10(15)9-2-12-3-9/h4,6-7,9,12H,2-3,5H2,1H3. The van der Waals surface area contributed by atoms with Gasteiger partial charge in [-0.1, -0.05) is 0 Å². The minimum Gasteiger partial charge on any atom is -0.327 e. The Labute approximate surface area is 98.4 Å². The highest BCUT2D eigenvalue weighted by atomic mass is 32.1. The first-order chi connectivity index (χ1) is 7.83. The molecule has 1 fully saturated rings. The molecule has 1 saturated heterocycles. The van der Waals surface area contributed by atoms with Crippen molar-refractivity contribution in [1.29, 1.82) is 0 Å². The lowest BCUT2D eigenvalue weighted by atomic mass is 10.00. The second-order valence-electron chi connectivity index (χ2n) is 4.18. The molecule has 0 atom stereocenters. The molecule has 3 rings (SSSR count). The molecule has 1 aliphatic heterocycles. The van der Waals surface area contributed by atoms with Crippen molar-refractivity contribution in [3.8, 4) is 0 Å². The van der Waals surface area contributed by atoms with E-state index in [0.29, 0.717) is 5.92 Å². The van der Waals surface area contributed by atoms with Crippen molar-refractivity contribution in [3.05, 3.63) is 34.3 Å². The molecule has 0 bridgehead atoms. The molecule has 4 nitrogen and oxygen atoms in total. The maximum absolute atomic E-state index is 4.48. The topological polar surface area (TPSA) is 42.7 Å². The molecule has 1 aliphatic rings. The molecule has 5 heteroatoms. The molecule has 0 radical (unpaired) electrons. The van der Waals surface area contributed by atoms with Crippen molar-refractivity contribution >= 4 is 11.3 Å². The van der Waals surface area contributed by atoms with E-state index in [2.05, 4.69) is 25.2 Å². The van der Waals surface area contributed by atoms with Gasteiger partial charge in [-0.05, 0) is 6.92 Å². The maximum Gasteiger partial charge on any atom is 0.113 e. The molecule has 2 aromatic rings. The minimum atomic E-state index is 0.628. The Morgan fingerprint density at radius 1 is 1.56 bits per heavy atom. The summed E-state index contributed by atoms with van der Waals surface area (Å²) in [6.07, 6.45) is 3.89. The molecule has 3 heterocycles. The molecule has 84 valence electrons. The van der Waals surface area contributed by atoms with Crippen LogP contribution in [0.4, 0.5) is 0 Å². The fraction of sp³-hybridized carbons (Fsp3) is 0.455. The predicted octanol–water partition coefficient (Wildman–Crippen LogP) is 1.38. The molecule has 0 spiro atoms.